The molecule has 1 rings (SSSR count). The van der Waals surface area contributed by atoms with E-state index >= 15 is 0 Å². The lowest BCUT2D eigenvalue weighted by Crippen LogP contribution is -2.12. The Morgan fingerprint density at radius 3 is 2.36 bits per heavy atom. The van der Waals surface area contributed by atoms with Crippen molar-refractivity contribution < 1.29 is 13.2 Å². The average Bonchev–Trinajstić information content (AvgIpc) is 2.02. The molecule has 2 N–H and O–H groups in total. The van der Waals surface area contributed by atoms with Gasteiger partial charge in [0.2, 0.25) is 0 Å². The first-order valence-electron chi connectivity index (χ1n) is 3.93. The number of hydrogen-bond donors (Lipinski definition) is 1. The minimum absolute atomic E-state index is 0.133. The molecule has 0 heterocycles. The molecule has 0 saturated heterocycles. The van der Waals surface area contributed by atoms with E-state index < -0.39 is 11.7 Å². The summed E-state index contributed by atoms with van der Waals surface area (Å²) >= 11 is 1.69. The fraction of sp³-hybridized carbons (Fsp3) is 0.333. The summed E-state index contributed by atoms with van der Waals surface area (Å²) in [6, 6.07) is 2.55. The molecular formula is C9H9F3IN. The smallest absolute Gasteiger partial charge is 0.326 e. The fourth-order valence-electron chi connectivity index (χ4n) is 1.19. The van der Waals surface area contributed by atoms with Crippen LogP contribution in [0, 0.1) is 10.5 Å². The number of rotatable bonds is 1. The van der Waals surface area contributed by atoms with Crippen LogP contribution in [0.15, 0.2) is 12.1 Å². The van der Waals surface area contributed by atoms with Gasteiger partial charge in [-0.05, 0) is 46.7 Å². The molecule has 0 fully saturated rings. The molecule has 0 saturated carbocycles. The standard InChI is InChI=1S/C9H9F3IN/c1-5-2-3-7(9(10,11)12)8(13)6(5)4-14/h2-3H,4,14H2,1H3. The summed E-state index contributed by atoms with van der Waals surface area (Å²) in [6.07, 6.45) is -4.30. The van der Waals surface area contributed by atoms with Crippen LogP contribution >= 0.6 is 22.6 Å². The SMILES string of the molecule is Cc1ccc(C(F)(F)F)c(I)c1CN. The number of benzene rings is 1. The van der Waals surface area contributed by atoms with E-state index in [1.54, 1.807) is 29.5 Å². The maximum absolute atomic E-state index is 12.5. The average molecular weight is 315 g/mol. The second-order valence-corrected chi connectivity index (χ2v) is 4.00. The van der Waals surface area contributed by atoms with E-state index in [-0.39, 0.29) is 10.1 Å². The van der Waals surface area contributed by atoms with E-state index in [1.165, 1.54) is 6.07 Å². The summed E-state index contributed by atoms with van der Waals surface area (Å²) in [5, 5.41) is 0. The fourth-order valence-corrected chi connectivity index (χ4v) is 2.32. The zero-order chi connectivity index (χ0) is 10.9. The van der Waals surface area contributed by atoms with Crippen LogP contribution in [0.1, 0.15) is 16.7 Å². The van der Waals surface area contributed by atoms with Crippen LogP contribution in [-0.2, 0) is 12.7 Å². The minimum Gasteiger partial charge on any atom is -0.326 e. The zero-order valence-corrected chi connectivity index (χ0v) is 9.61. The quantitative estimate of drug-likeness (QED) is 0.792. The predicted octanol–water partition coefficient (Wildman–Crippen LogP) is 3.08. The van der Waals surface area contributed by atoms with E-state index in [9.17, 15) is 13.2 Å². The molecule has 0 aliphatic carbocycles. The highest BCUT2D eigenvalue weighted by Crippen LogP contribution is 2.34. The minimum atomic E-state index is -4.30. The first kappa shape index (κ1) is 11.8. The Labute approximate surface area is 93.6 Å². The van der Waals surface area contributed by atoms with Gasteiger partial charge in [0.15, 0.2) is 0 Å². The van der Waals surface area contributed by atoms with Gasteiger partial charge >= 0.3 is 6.18 Å². The van der Waals surface area contributed by atoms with Crippen molar-refractivity contribution in [3.05, 3.63) is 32.4 Å². The van der Waals surface area contributed by atoms with Gasteiger partial charge in [-0.15, -0.1) is 0 Å². The molecule has 0 spiro atoms. The maximum Gasteiger partial charge on any atom is 0.417 e. The molecule has 0 aliphatic heterocycles. The zero-order valence-electron chi connectivity index (χ0n) is 7.45. The molecule has 1 aromatic rings. The molecule has 0 atom stereocenters. The number of alkyl halides is 3. The number of aryl methyl sites for hydroxylation is 1. The molecule has 0 unspecified atom stereocenters. The molecule has 0 radical (unpaired) electrons. The Morgan fingerprint density at radius 2 is 1.93 bits per heavy atom. The highest BCUT2D eigenvalue weighted by atomic mass is 127. The molecule has 0 aliphatic rings. The Morgan fingerprint density at radius 1 is 1.36 bits per heavy atom. The maximum atomic E-state index is 12.5. The Bertz CT molecular complexity index is 347. The Kier molecular flexibility index (Phi) is 3.41. The van der Waals surface area contributed by atoms with E-state index in [2.05, 4.69) is 0 Å². The van der Waals surface area contributed by atoms with Gasteiger partial charge in [0, 0.05) is 10.1 Å². The van der Waals surface area contributed by atoms with Gasteiger partial charge in [-0.25, -0.2) is 0 Å². The first-order valence-corrected chi connectivity index (χ1v) is 5.01. The van der Waals surface area contributed by atoms with Gasteiger partial charge in [-0.2, -0.15) is 13.2 Å². The van der Waals surface area contributed by atoms with Crippen LogP contribution in [0.3, 0.4) is 0 Å². The van der Waals surface area contributed by atoms with Crippen LogP contribution in [0.2, 0.25) is 0 Å². The van der Waals surface area contributed by atoms with Gasteiger partial charge < -0.3 is 5.73 Å². The highest BCUT2D eigenvalue weighted by Gasteiger charge is 2.33. The summed E-state index contributed by atoms with van der Waals surface area (Å²) in [5.74, 6) is 0. The highest BCUT2D eigenvalue weighted by molar-refractivity contribution is 14.1. The predicted molar refractivity (Wildman–Crippen MR) is 56.8 cm³/mol. The number of halogens is 4. The van der Waals surface area contributed by atoms with Crippen molar-refractivity contribution in [2.45, 2.75) is 19.6 Å². The van der Waals surface area contributed by atoms with E-state index in [0.717, 1.165) is 11.6 Å². The third-order valence-corrected chi connectivity index (χ3v) is 3.22. The summed E-state index contributed by atoms with van der Waals surface area (Å²) in [4.78, 5) is 0. The van der Waals surface area contributed by atoms with Gasteiger partial charge in [0.05, 0.1) is 5.56 Å². The van der Waals surface area contributed by atoms with Crippen molar-refractivity contribution in [1.29, 1.82) is 0 Å². The lowest BCUT2D eigenvalue weighted by Gasteiger charge is -2.13. The van der Waals surface area contributed by atoms with Gasteiger partial charge in [-0.3, -0.25) is 0 Å². The molecule has 0 bridgehead atoms. The summed E-state index contributed by atoms with van der Waals surface area (Å²) in [5.41, 5.74) is 6.15. The molecule has 5 heteroatoms. The normalized spacial score (nSPS) is 11.9. The third kappa shape index (κ3) is 2.20. The van der Waals surface area contributed by atoms with Gasteiger partial charge in [0.1, 0.15) is 0 Å². The first-order chi connectivity index (χ1) is 6.38. The molecule has 1 aromatic carbocycles. The van der Waals surface area contributed by atoms with Crippen LogP contribution in [0.4, 0.5) is 13.2 Å². The summed E-state index contributed by atoms with van der Waals surface area (Å²) in [7, 11) is 0. The van der Waals surface area contributed by atoms with Crippen molar-refractivity contribution in [2.24, 2.45) is 5.73 Å². The molecule has 0 amide bonds. The van der Waals surface area contributed by atoms with Gasteiger partial charge in [0.25, 0.3) is 0 Å². The van der Waals surface area contributed by atoms with Crippen LogP contribution in [0.5, 0.6) is 0 Å². The Hall–Kier alpha value is -0.300. The van der Waals surface area contributed by atoms with E-state index in [4.69, 9.17) is 5.73 Å². The van der Waals surface area contributed by atoms with E-state index in [0.29, 0.717) is 5.56 Å². The monoisotopic (exact) mass is 315 g/mol. The number of nitrogens with two attached hydrogens (primary N) is 1. The largest absolute Gasteiger partial charge is 0.417 e. The molecule has 0 aromatic heterocycles. The number of hydrogen-bond acceptors (Lipinski definition) is 1. The van der Waals surface area contributed by atoms with Crippen molar-refractivity contribution >= 4 is 22.6 Å². The summed E-state index contributed by atoms with van der Waals surface area (Å²) in [6.45, 7) is 1.89. The topological polar surface area (TPSA) is 26.0 Å². The molecule has 78 valence electrons. The second-order valence-electron chi connectivity index (χ2n) is 2.92. The van der Waals surface area contributed by atoms with Crippen LogP contribution in [0.25, 0.3) is 0 Å². The Balaban J connectivity index is 3.36. The van der Waals surface area contributed by atoms with Crippen LogP contribution < -0.4 is 5.73 Å². The van der Waals surface area contributed by atoms with Crippen molar-refractivity contribution in [1.82, 2.24) is 0 Å². The van der Waals surface area contributed by atoms with Crippen molar-refractivity contribution in [3.8, 4) is 0 Å². The lowest BCUT2D eigenvalue weighted by molar-refractivity contribution is -0.138. The lowest BCUT2D eigenvalue weighted by atomic mass is 10.0. The van der Waals surface area contributed by atoms with Crippen molar-refractivity contribution in [3.63, 3.8) is 0 Å². The van der Waals surface area contributed by atoms with Crippen molar-refractivity contribution in [2.75, 3.05) is 0 Å². The second kappa shape index (κ2) is 4.06. The van der Waals surface area contributed by atoms with Crippen LogP contribution in [-0.4, -0.2) is 0 Å². The molecule has 1 nitrogen and oxygen atoms in total. The third-order valence-electron chi connectivity index (χ3n) is 1.99. The molecule has 14 heavy (non-hydrogen) atoms. The summed E-state index contributed by atoms with van der Waals surface area (Å²) < 4.78 is 37.6. The van der Waals surface area contributed by atoms with Gasteiger partial charge in [-0.1, -0.05) is 6.07 Å². The molecular weight excluding hydrogens is 306 g/mol. The van der Waals surface area contributed by atoms with E-state index in [1.807, 2.05) is 0 Å².